The third-order valence-electron chi connectivity index (χ3n) is 3.97. The standard InChI is InChI=1S/C18H14F4N2O5S2/c19-17-7-6-15(10-16(17)18(20,21)22)31(27,28)24-12-3-1-5-14(9-12)30(25,26)23-11-13-4-2-8-29-13/h1-10,23-24H,11H2. The van der Waals surface area contributed by atoms with Crippen molar-refractivity contribution in [3.05, 3.63) is 78.0 Å². The number of furan rings is 1. The van der Waals surface area contributed by atoms with Crippen molar-refractivity contribution in [3.63, 3.8) is 0 Å². The SMILES string of the molecule is O=S(=O)(NCc1ccco1)c1cccc(NS(=O)(=O)c2ccc(F)c(C(F)(F)F)c2)c1. The van der Waals surface area contributed by atoms with E-state index in [1.807, 2.05) is 4.72 Å². The highest BCUT2D eigenvalue weighted by Gasteiger charge is 2.35. The molecule has 0 fully saturated rings. The Kier molecular flexibility index (Phi) is 6.11. The summed E-state index contributed by atoms with van der Waals surface area (Å²) in [6.45, 7) is -0.152. The maximum Gasteiger partial charge on any atom is 0.419 e. The number of nitrogens with one attached hydrogen (secondary N) is 2. The van der Waals surface area contributed by atoms with E-state index < -0.39 is 42.5 Å². The van der Waals surface area contributed by atoms with Crippen molar-refractivity contribution in [1.82, 2.24) is 4.72 Å². The van der Waals surface area contributed by atoms with Crippen molar-refractivity contribution in [1.29, 1.82) is 0 Å². The molecule has 3 aromatic rings. The molecule has 0 unspecified atom stereocenters. The van der Waals surface area contributed by atoms with Crippen LogP contribution >= 0.6 is 0 Å². The molecular formula is C18H14F4N2O5S2. The van der Waals surface area contributed by atoms with Crippen molar-refractivity contribution in [2.45, 2.75) is 22.5 Å². The van der Waals surface area contributed by atoms with E-state index in [1.165, 1.54) is 24.5 Å². The van der Waals surface area contributed by atoms with Crippen LogP contribution in [0.1, 0.15) is 11.3 Å². The molecule has 0 bridgehead atoms. The fourth-order valence-electron chi connectivity index (χ4n) is 2.49. The molecule has 0 aliphatic rings. The Morgan fingerprint density at radius 2 is 1.58 bits per heavy atom. The maximum atomic E-state index is 13.4. The first kappa shape index (κ1) is 22.8. The summed E-state index contributed by atoms with van der Waals surface area (Å²) < 4.78 is 111. The Morgan fingerprint density at radius 1 is 0.871 bits per heavy atom. The number of hydrogen-bond donors (Lipinski definition) is 2. The summed E-state index contributed by atoms with van der Waals surface area (Å²) in [6, 6.07) is 8.95. The zero-order valence-electron chi connectivity index (χ0n) is 15.4. The molecule has 7 nitrogen and oxygen atoms in total. The molecule has 2 aromatic carbocycles. The van der Waals surface area contributed by atoms with E-state index in [4.69, 9.17) is 4.42 Å². The van der Waals surface area contributed by atoms with Gasteiger partial charge in [-0.2, -0.15) is 13.2 Å². The van der Waals surface area contributed by atoms with Crippen LogP contribution in [0.15, 0.2) is 75.1 Å². The van der Waals surface area contributed by atoms with Crippen LogP contribution in [0, 0.1) is 5.82 Å². The van der Waals surface area contributed by atoms with Gasteiger partial charge in [-0.05, 0) is 48.5 Å². The third kappa shape index (κ3) is 5.42. The van der Waals surface area contributed by atoms with Gasteiger partial charge in [0.05, 0.1) is 33.8 Å². The van der Waals surface area contributed by atoms with Gasteiger partial charge in [-0.25, -0.2) is 25.9 Å². The van der Waals surface area contributed by atoms with E-state index >= 15 is 0 Å². The lowest BCUT2D eigenvalue weighted by atomic mass is 10.2. The summed E-state index contributed by atoms with van der Waals surface area (Å²) in [5.74, 6) is -1.28. The number of anilines is 1. The molecule has 0 aliphatic carbocycles. The fraction of sp³-hybridized carbons (Fsp3) is 0.111. The number of halogens is 4. The van der Waals surface area contributed by atoms with E-state index in [0.717, 1.165) is 6.07 Å². The average molecular weight is 478 g/mol. The second kappa shape index (κ2) is 8.32. The Balaban J connectivity index is 1.85. The van der Waals surface area contributed by atoms with E-state index in [1.54, 1.807) is 12.1 Å². The van der Waals surface area contributed by atoms with Crippen molar-refractivity contribution in [2.24, 2.45) is 0 Å². The van der Waals surface area contributed by atoms with Gasteiger partial charge in [0.25, 0.3) is 10.0 Å². The molecule has 2 N–H and O–H groups in total. The monoisotopic (exact) mass is 478 g/mol. The smallest absolute Gasteiger partial charge is 0.419 e. The Morgan fingerprint density at radius 3 is 2.23 bits per heavy atom. The van der Waals surface area contributed by atoms with Gasteiger partial charge in [-0.1, -0.05) is 6.07 Å². The summed E-state index contributed by atoms with van der Waals surface area (Å²) in [5, 5.41) is 0. The number of sulfonamides is 2. The Hall–Kier alpha value is -2.90. The van der Waals surface area contributed by atoms with Gasteiger partial charge in [-0.3, -0.25) is 4.72 Å². The number of alkyl halides is 3. The molecule has 0 atom stereocenters. The van der Waals surface area contributed by atoms with Gasteiger partial charge >= 0.3 is 6.18 Å². The second-order valence-electron chi connectivity index (χ2n) is 6.18. The molecule has 0 radical (unpaired) electrons. The van der Waals surface area contributed by atoms with Crippen molar-refractivity contribution in [3.8, 4) is 0 Å². The first-order valence-corrected chi connectivity index (χ1v) is 11.4. The lowest BCUT2D eigenvalue weighted by Gasteiger charge is -2.13. The maximum absolute atomic E-state index is 13.4. The molecule has 0 aliphatic heterocycles. The number of benzene rings is 2. The highest BCUT2D eigenvalue weighted by Crippen LogP contribution is 2.33. The van der Waals surface area contributed by atoms with Crippen LogP contribution < -0.4 is 9.44 Å². The van der Waals surface area contributed by atoms with Gasteiger partial charge in [0, 0.05) is 0 Å². The molecule has 13 heteroatoms. The molecule has 0 saturated carbocycles. The van der Waals surface area contributed by atoms with Crippen LogP contribution in [-0.2, 0) is 32.8 Å². The number of hydrogen-bond acceptors (Lipinski definition) is 5. The van der Waals surface area contributed by atoms with E-state index in [9.17, 15) is 34.4 Å². The topological polar surface area (TPSA) is 105 Å². The normalized spacial score (nSPS) is 12.6. The van der Waals surface area contributed by atoms with Gasteiger partial charge in [0.1, 0.15) is 11.6 Å². The van der Waals surface area contributed by atoms with Crippen LogP contribution in [0.5, 0.6) is 0 Å². The van der Waals surface area contributed by atoms with E-state index in [-0.39, 0.29) is 23.2 Å². The van der Waals surface area contributed by atoms with Gasteiger partial charge in [0.15, 0.2) is 0 Å². The fourth-order valence-corrected chi connectivity index (χ4v) is 4.61. The Bertz CT molecular complexity index is 1290. The van der Waals surface area contributed by atoms with Crippen LogP contribution in [-0.4, -0.2) is 16.8 Å². The van der Waals surface area contributed by atoms with Crippen molar-refractivity contribution < 1.29 is 38.8 Å². The van der Waals surface area contributed by atoms with E-state index in [2.05, 4.69) is 4.72 Å². The number of rotatable bonds is 7. The minimum absolute atomic E-state index is 0.152. The van der Waals surface area contributed by atoms with Gasteiger partial charge in [0.2, 0.25) is 10.0 Å². The summed E-state index contributed by atoms with van der Waals surface area (Å²) in [5.41, 5.74) is -1.97. The summed E-state index contributed by atoms with van der Waals surface area (Å²) in [4.78, 5) is -1.14. The van der Waals surface area contributed by atoms with Gasteiger partial charge in [-0.15, -0.1) is 0 Å². The Labute approximate surface area is 174 Å². The molecule has 0 amide bonds. The predicted octanol–water partition coefficient (Wildman–Crippen LogP) is 3.72. The first-order valence-electron chi connectivity index (χ1n) is 8.40. The molecule has 0 spiro atoms. The van der Waals surface area contributed by atoms with E-state index in [0.29, 0.717) is 17.9 Å². The van der Waals surface area contributed by atoms with Crippen LogP contribution in [0.25, 0.3) is 0 Å². The van der Waals surface area contributed by atoms with Crippen molar-refractivity contribution >= 4 is 25.7 Å². The molecule has 166 valence electrons. The summed E-state index contributed by atoms with van der Waals surface area (Å²) >= 11 is 0. The molecular weight excluding hydrogens is 464 g/mol. The van der Waals surface area contributed by atoms with Gasteiger partial charge < -0.3 is 4.42 Å². The quantitative estimate of drug-likeness (QED) is 0.504. The minimum Gasteiger partial charge on any atom is -0.468 e. The first-order chi connectivity index (χ1) is 14.4. The van der Waals surface area contributed by atoms with Crippen molar-refractivity contribution in [2.75, 3.05) is 4.72 Å². The minimum atomic E-state index is -5.09. The molecule has 1 heterocycles. The lowest BCUT2D eigenvalue weighted by Crippen LogP contribution is -2.23. The van der Waals surface area contributed by atoms with Crippen LogP contribution in [0.4, 0.5) is 23.2 Å². The third-order valence-corrected chi connectivity index (χ3v) is 6.74. The summed E-state index contributed by atoms with van der Waals surface area (Å²) in [6.07, 6.45) is -3.73. The molecule has 1 aromatic heterocycles. The zero-order chi connectivity index (χ0) is 22.9. The van der Waals surface area contributed by atoms with Crippen LogP contribution in [0.2, 0.25) is 0 Å². The largest absolute Gasteiger partial charge is 0.468 e. The highest BCUT2D eigenvalue weighted by molar-refractivity contribution is 7.92. The second-order valence-corrected chi connectivity index (χ2v) is 9.63. The molecule has 31 heavy (non-hydrogen) atoms. The molecule has 0 saturated heterocycles. The predicted molar refractivity (Wildman–Crippen MR) is 101 cm³/mol. The average Bonchev–Trinajstić information content (AvgIpc) is 3.19. The molecule has 3 rings (SSSR count). The zero-order valence-corrected chi connectivity index (χ0v) is 17.0. The lowest BCUT2D eigenvalue weighted by molar-refractivity contribution is -0.140. The van der Waals surface area contributed by atoms with Crippen LogP contribution in [0.3, 0.4) is 0 Å². The highest BCUT2D eigenvalue weighted by atomic mass is 32.2. The summed E-state index contributed by atoms with van der Waals surface area (Å²) in [7, 11) is -8.62.